The predicted molar refractivity (Wildman–Crippen MR) is 102 cm³/mol. The summed E-state index contributed by atoms with van der Waals surface area (Å²) in [6.45, 7) is 2.09. The highest BCUT2D eigenvalue weighted by molar-refractivity contribution is 6.30. The fourth-order valence-electron chi connectivity index (χ4n) is 2.60. The SMILES string of the molecule is CCOc1c(C(O)c2ccc(Cl)cc2)nnnc1C(O)c1ccc(Cl)cc1. The minimum atomic E-state index is -1.12. The first-order chi connectivity index (χ1) is 13.0. The molecule has 1 heterocycles. The summed E-state index contributed by atoms with van der Waals surface area (Å²) in [6, 6.07) is 13.4. The summed E-state index contributed by atoms with van der Waals surface area (Å²) in [6.07, 6.45) is -2.23. The molecule has 3 rings (SSSR count). The number of nitrogens with zero attached hydrogens (tertiary/aromatic N) is 3. The number of halogens is 2. The Kier molecular flexibility index (Phi) is 6.23. The van der Waals surface area contributed by atoms with E-state index in [1.54, 1.807) is 55.5 Å². The second-order valence-electron chi connectivity index (χ2n) is 5.73. The molecule has 27 heavy (non-hydrogen) atoms. The Morgan fingerprint density at radius 1 is 0.815 bits per heavy atom. The molecular formula is C19H17Cl2N3O3. The quantitative estimate of drug-likeness (QED) is 0.649. The van der Waals surface area contributed by atoms with Gasteiger partial charge in [-0.2, -0.15) is 0 Å². The summed E-state index contributed by atoms with van der Waals surface area (Å²) >= 11 is 11.8. The highest BCUT2D eigenvalue weighted by Gasteiger charge is 2.26. The van der Waals surface area contributed by atoms with Gasteiger partial charge in [0, 0.05) is 10.0 Å². The van der Waals surface area contributed by atoms with Crippen molar-refractivity contribution < 1.29 is 14.9 Å². The number of rotatable bonds is 6. The molecule has 2 aromatic carbocycles. The van der Waals surface area contributed by atoms with E-state index in [9.17, 15) is 10.2 Å². The smallest absolute Gasteiger partial charge is 0.172 e. The Labute approximate surface area is 166 Å². The molecule has 2 unspecified atom stereocenters. The van der Waals surface area contributed by atoms with Gasteiger partial charge in [0.2, 0.25) is 0 Å². The van der Waals surface area contributed by atoms with E-state index in [0.717, 1.165) is 0 Å². The van der Waals surface area contributed by atoms with E-state index in [1.165, 1.54) is 0 Å². The van der Waals surface area contributed by atoms with Gasteiger partial charge in [-0.3, -0.25) is 0 Å². The molecule has 0 saturated carbocycles. The monoisotopic (exact) mass is 405 g/mol. The van der Waals surface area contributed by atoms with Gasteiger partial charge in [0.05, 0.1) is 6.61 Å². The van der Waals surface area contributed by atoms with Crippen molar-refractivity contribution in [3.8, 4) is 5.75 Å². The predicted octanol–water partition coefficient (Wildman–Crippen LogP) is 3.74. The Hall–Kier alpha value is -2.25. The van der Waals surface area contributed by atoms with E-state index in [2.05, 4.69) is 15.4 Å². The van der Waals surface area contributed by atoms with E-state index in [0.29, 0.717) is 27.8 Å². The summed E-state index contributed by atoms with van der Waals surface area (Å²) < 4.78 is 5.66. The van der Waals surface area contributed by atoms with Gasteiger partial charge in [0.1, 0.15) is 23.6 Å². The van der Waals surface area contributed by atoms with E-state index in [-0.39, 0.29) is 17.1 Å². The van der Waals surface area contributed by atoms with Crippen LogP contribution in [0.5, 0.6) is 5.75 Å². The lowest BCUT2D eigenvalue weighted by Crippen LogP contribution is -2.15. The summed E-state index contributed by atoms with van der Waals surface area (Å²) in [7, 11) is 0. The standard InChI is InChI=1S/C19H17Cl2N3O3/c1-2-27-19-15(17(25)11-3-7-13(20)8-4-11)22-24-23-16(19)18(26)12-5-9-14(21)10-6-12/h3-10,17-18,25-26H,2H2,1H3. The van der Waals surface area contributed by atoms with Gasteiger partial charge in [-0.05, 0) is 47.5 Å². The first-order valence-electron chi connectivity index (χ1n) is 8.24. The minimum Gasteiger partial charge on any atom is -0.490 e. The van der Waals surface area contributed by atoms with Crippen LogP contribution < -0.4 is 4.74 Å². The van der Waals surface area contributed by atoms with Crippen LogP contribution in [0.2, 0.25) is 10.0 Å². The number of ether oxygens (including phenoxy) is 1. The van der Waals surface area contributed by atoms with Crippen molar-refractivity contribution in [3.63, 3.8) is 0 Å². The maximum atomic E-state index is 10.8. The third-order valence-corrected chi connectivity index (χ3v) is 4.45. The van der Waals surface area contributed by atoms with Gasteiger partial charge < -0.3 is 14.9 Å². The summed E-state index contributed by atoms with van der Waals surface area (Å²) in [4.78, 5) is 0. The zero-order valence-electron chi connectivity index (χ0n) is 14.4. The first-order valence-corrected chi connectivity index (χ1v) is 8.99. The zero-order chi connectivity index (χ0) is 19.4. The van der Waals surface area contributed by atoms with Crippen LogP contribution in [0.1, 0.15) is 41.6 Å². The first kappa shape index (κ1) is 19.5. The molecule has 0 amide bonds. The fourth-order valence-corrected chi connectivity index (χ4v) is 2.85. The Morgan fingerprint density at radius 2 is 1.22 bits per heavy atom. The molecule has 6 nitrogen and oxygen atoms in total. The lowest BCUT2D eigenvalue weighted by Gasteiger charge is -2.19. The van der Waals surface area contributed by atoms with E-state index < -0.39 is 12.2 Å². The van der Waals surface area contributed by atoms with Crippen molar-refractivity contribution in [2.24, 2.45) is 0 Å². The topological polar surface area (TPSA) is 88.4 Å². The molecule has 0 aliphatic carbocycles. The highest BCUT2D eigenvalue weighted by atomic mass is 35.5. The van der Waals surface area contributed by atoms with Crippen molar-refractivity contribution in [1.29, 1.82) is 0 Å². The molecule has 0 fully saturated rings. The van der Waals surface area contributed by atoms with Gasteiger partial charge in [0.25, 0.3) is 0 Å². The zero-order valence-corrected chi connectivity index (χ0v) is 15.9. The molecule has 0 saturated heterocycles. The second-order valence-corrected chi connectivity index (χ2v) is 6.60. The average Bonchev–Trinajstić information content (AvgIpc) is 2.68. The van der Waals surface area contributed by atoms with Crippen molar-refractivity contribution in [2.75, 3.05) is 6.61 Å². The minimum absolute atomic E-state index is 0.164. The van der Waals surface area contributed by atoms with Crippen LogP contribution in [0.3, 0.4) is 0 Å². The van der Waals surface area contributed by atoms with Crippen molar-refractivity contribution >= 4 is 23.2 Å². The molecule has 0 aliphatic rings. The summed E-state index contributed by atoms with van der Waals surface area (Å²) in [5.41, 5.74) is 1.45. The van der Waals surface area contributed by atoms with E-state index in [1.807, 2.05) is 0 Å². The third-order valence-electron chi connectivity index (χ3n) is 3.95. The molecule has 0 radical (unpaired) electrons. The molecular weight excluding hydrogens is 389 g/mol. The molecule has 140 valence electrons. The molecule has 1 aromatic heterocycles. The van der Waals surface area contributed by atoms with Crippen molar-refractivity contribution in [1.82, 2.24) is 15.4 Å². The second kappa shape index (κ2) is 8.63. The molecule has 2 atom stereocenters. The van der Waals surface area contributed by atoms with Gasteiger partial charge >= 0.3 is 0 Å². The van der Waals surface area contributed by atoms with Crippen molar-refractivity contribution in [3.05, 3.63) is 81.1 Å². The molecule has 2 N–H and O–H groups in total. The summed E-state index contributed by atoms with van der Waals surface area (Å²) in [5, 5.41) is 34.2. The number of hydrogen-bond donors (Lipinski definition) is 2. The molecule has 8 heteroatoms. The maximum absolute atomic E-state index is 10.8. The van der Waals surface area contributed by atoms with Gasteiger partial charge in [-0.25, -0.2) is 0 Å². The Balaban J connectivity index is 2.03. The number of benzene rings is 2. The largest absolute Gasteiger partial charge is 0.490 e. The van der Waals surface area contributed by atoms with Gasteiger partial charge in [-0.1, -0.05) is 47.5 Å². The maximum Gasteiger partial charge on any atom is 0.172 e. The number of aliphatic hydroxyl groups is 2. The van der Waals surface area contributed by atoms with Gasteiger partial charge in [-0.15, -0.1) is 10.2 Å². The lowest BCUT2D eigenvalue weighted by atomic mass is 10.0. The molecule has 0 aliphatic heterocycles. The lowest BCUT2D eigenvalue weighted by molar-refractivity contribution is 0.187. The normalized spacial score (nSPS) is 13.2. The van der Waals surface area contributed by atoms with Crippen LogP contribution in [0, 0.1) is 0 Å². The third kappa shape index (κ3) is 4.36. The van der Waals surface area contributed by atoms with Gasteiger partial charge in [0.15, 0.2) is 5.75 Å². The fraction of sp³-hybridized carbons (Fsp3) is 0.211. The van der Waals surface area contributed by atoms with Crippen LogP contribution in [0.4, 0.5) is 0 Å². The van der Waals surface area contributed by atoms with Crippen LogP contribution in [0.25, 0.3) is 0 Å². The molecule has 0 spiro atoms. The van der Waals surface area contributed by atoms with Crippen LogP contribution in [0.15, 0.2) is 48.5 Å². The van der Waals surface area contributed by atoms with E-state index >= 15 is 0 Å². The summed E-state index contributed by atoms with van der Waals surface area (Å²) in [5.74, 6) is 0.192. The Bertz CT molecular complexity index is 835. The van der Waals surface area contributed by atoms with E-state index in [4.69, 9.17) is 27.9 Å². The van der Waals surface area contributed by atoms with Crippen LogP contribution >= 0.6 is 23.2 Å². The number of hydrogen-bond acceptors (Lipinski definition) is 6. The number of aromatic nitrogens is 3. The van der Waals surface area contributed by atoms with Crippen molar-refractivity contribution in [2.45, 2.75) is 19.1 Å². The highest BCUT2D eigenvalue weighted by Crippen LogP contribution is 2.35. The average molecular weight is 406 g/mol. The molecule has 0 bridgehead atoms. The Morgan fingerprint density at radius 3 is 1.59 bits per heavy atom. The van der Waals surface area contributed by atoms with Crippen LogP contribution in [-0.4, -0.2) is 32.2 Å². The number of aliphatic hydroxyl groups excluding tert-OH is 2. The molecule has 3 aromatic rings. The van der Waals surface area contributed by atoms with Crippen LogP contribution in [-0.2, 0) is 0 Å².